The topological polar surface area (TPSA) is 57.4 Å². The Morgan fingerprint density at radius 2 is 1.06 bits per heavy atom. The first-order valence-electron chi connectivity index (χ1n) is 17.2. The first kappa shape index (κ1) is 29.1. The van der Waals surface area contributed by atoms with Crippen LogP contribution in [-0.2, 0) is 5.41 Å². The van der Waals surface area contributed by atoms with E-state index in [4.69, 9.17) is 0 Å². The molecule has 2 aromatic heterocycles. The summed E-state index contributed by atoms with van der Waals surface area (Å²) in [5, 5.41) is 23.9. The third-order valence-electron chi connectivity index (χ3n) is 10.9. The van der Waals surface area contributed by atoms with E-state index in [1.165, 1.54) is 27.8 Å². The van der Waals surface area contributed by atoms with E-state index in [9.17, 15) is 10.5 Å². The second kappa shape index (κ2) is 10.6. The first-order valence-corrected chi connectivity index (χ1v) is 17.2. The quantitative estimate of drug-likeness (QED) is 0.191. The number of hydrogen-bond acceptors (Lipinski definition) is 2. The van der Waals surface area contributed by atoms with Gasteiger partial charge in [0.2, 0.25) is 0 Å². The van der Waals surface area contributed by atoms with Crippen molar-refractivity contribution >= 4 is 43.6 Å². The van der Waals surface area contributed by atoms with E-state index in [0.29, 0.717) is 11.1 Å². The molecule has 10 rings (SSSR count). The summed E-state index contributed by atoms with van der Waals surface area (Å²) in [7, 11) is 0. The Bertz CT molecular complexity index is 3030. The lowest BCUT2D eigenvalue weighted by molar-refractivity contribution is 0.664. The molecular weight excluding hydrogens is 621 g/mol. The molecule has 9 aromatic rings. The van der Waals surface area contributed by atoms with Crippen LogP contribution in [0.4, 0.5) is 0 Å². The highest BCUT2D eigenvalue weighted by atomic mass is 15.0. The predicted octanol–water partition coefficient (Wildman–Crippen LogP) is 11.6. The number of rotatable bonds is 3. The van der Waals surface area contributed by atoms with E-state index < -0.39 is 0 Å². The number of nitrogens with zero attached hydrogens (tertiary/aromatic N) is 4. The normalized spacial score (nSPS) is 13.0. The summed E-state index contributed by atoms with van der Waals surface area (Å²) >= 11 is 0. The molecule has 4 heteroatoms. The van der Waals surface area contributed by atoms with Gasteiger partial charge in [-0.25, -0.2) is 0 Å². The Labute approximate surface area is 295 Å². The van der Waals surface area contributed by atoms with Crippen molar-refractivity contribution in [1.82, 2.24) is 9.13 Å². The van der Waals surface area contributed by atoms with Crippen LogP contribution in [-0.4, -0.2) is 9.13 Å². The minimum absolute atomic E-state index is 0.210. The number of para-hydroxylation sites is 1. The molecule has 0 amide bonds. The lowest BCUT2D eigenvalue weighted by Gasteiger charge is -2.23. The Kier molecular flexibility index (Phi) is 6.02. The highest BCUT2D eigenvalue weighted by Crippen LogP contribution is 2.53. The van der Waals surface area contributed by atoms with Gasteiger partial charge < -0.3 is 9.13 Å². The van der Waals surface area contributed by atoms with Gasteiger partial charge in [-0.1, -0.05) is 92.7 Å². The van der Waals surface area contributed by atoms with Crippen molar-refractivity contribution in [1.29, 1.82) is 10.5 Å². The van der Waals surface area contributed by atoms with Gasteiger partial charge in [-0.05, 0) is 100 Å². The monoisotopic (exact) mass is 650 g/mol. The molecule has 0 saturated heterocycles. The number of fused-ring (bicyclic) bond motifs is 10. The zero-order valence-corrected chi connectivity index (χ0v) is 28.1. The summed E-state index contributed by atoms with van der Waals surface area (Å²) in [5.74, 6) is 0. The first-order chi connectivity index (χ1) is 25.0. The van der Waals surface area contributed by atoms with Crippen LogP contribution in [0.15, 0.2) is 146 Å². The maximum absolute atomic E-state index is 9.87. The predicted molar refractivity (Wildman–Crippen MR) is 208 cm³/mol. The SMILES string of the molecule is CC1(C)c2ccccc2-c2ccc3c4cc(C#N)ccc4n(-c4cccc(-c5cccc(-n6c7ccccc7c7cc(C#N)ccc76)c5)c4)c3c21. The molecule has 0 radical (unpaired) electrons. The summed E-state index contributed by atoms with van der Waals surface area (Å²) in [6.07, 6.45) is 0. The summed E-state index contributed by atoms with van der Waals surface area (Å²) in [6, 6.07) is 55.9. The average Bonchev–Trinajstić information content (AvgIpc) is 3.77. The molecule has 0 saturated carbocycles. The zero-order valence-electron chi connectivity index (χ0n) is 28.1. The third kappa shape index (κ3) is 4.05. The molecule has 0 unspecified atom stereocenters. The Hall–Kier alpha value is -6.88. The van der Waals surface area contributed by atoms with Crippen molar-refractivity contribution in [2.75, 3.05) is 0 Å². The van der Waals surface area contributed by atoms with Crippen molar-refractivity contribution in [2.45, 2.75) is 19.3 Å². The molecular formula is C47H30N4. The van der Waals surface area contributed by atoms with Crippen LogP contribution in [0.3, 0.4) is 0 Å². The van der Waals surface area contributed by atoms with Gasteiger partial charge in [-0.2, -0.15) is 10.5 Å². The molecule has 0 fully saturated rings. The fraction of sp³-hybridized carbons (Fsp3) is 0.0638. The molecule has 238 valence electrons. The van der Waals surface area contributed by atoms with Gasteiger partial charge in [0, 0.05) is 38.3 Å². The lowest BCUT2D eigenvalue weighted by atomic mass is 9.81. The number of aromatic nitrogens is 2. The van der Waals surface area contributed by atoms with Gasteiger partial charge >= 0.3 is 0 Å². The Morgan fingerprint density at radius 3 is 1.76 bits per heavy atom. The highest BCUT2D eigenvalue weighted by molar-refractivity contribution is 6.13. The number of hydrogen-bond donors (Lipinski definition) is 0. The molecule has 1 aliphatic carbocycles. The molecule has 1 aliphatic rings. The van der Waals surface area contributed by atoms with Crippen molar-refractivity contribution in [2.24, 2.45) is 0 Å². The van der Waals surface area contributed by atoms with Gasteiger partial charge in [-0.15, -0.1) is 0 Å². The Balaban J connectivity index is 1.20. The van der Waals surface area contributed by atoms with Crippen LogP contribution in [0.5, 0.6) is 0 Å². The van der Waals surface area contributed by atoms with Crippen LogP contribution in [0.1, 0.15) is 36.1 Å². The molecule has 0 N–H and O–H groups in total. The van der Waals surface area contributed by atoms with Crippen molar-refractivity contribution in [3.05, 3.63) is 168 Å². The second-order valence-corrected chi connectivity index (χ2v) is 14.0. The van der Waals surface area contributed by atoms with E-state index in [0.717, 1.165) is 60.6 Å². The average molecular weight is 651 g/mol. The minimum Gasteiger partial charge on any atom is -0.309 e. The Morgan fingerprint density at radius 1 is 0.471 bits per heavy atom. The zero-order chi connectivity index (χ0) is 34.4. The van der Waals surface area contributed by atoms with Gasteiger partial charge in [-0.3, -0.25) is 0 Å². The van der Waals surface area contributed by atoms with E-state index in [2.05, 4.69) is 156 Å². The molecule has 0 spiro atoms. The molecule has 0 aliphatic heterocycles. The second-order valence-electron chi connectivity index (χ2n) is 14.0. The maximum atomic E-state index is 9.87. The van der Waals surface area contributed by atoms with E-state index >= 15 is 0 Å². The standard InChI is InChI=1S/C47H30N4/c1-47(2)41-15-5-3-13-35(41)37-19-20-38-40-24-30(28-49)18-22-44(40)51(46(38)45(37)47)34-12-8-10-32(26-34)31-9-7-11-33(25-31)50-42-16-6-4-14-36(42)39-23-29(27-48)17-21-43(39)50/h3-26H,1-2H3. The fourth-order valence-electron chi connectivity index (χ4n) is 8.67. The van der Waals surface area contributed by atoms with Crippen LogP contribution >= 0.6 is 0 Å². The van der Waals surface area contributed by atoms with Crippen molar-refractivity contribution in [3.63, 3.8) is 0 Å². The summed E-state index contributed by atoms with van der Waals surface area (Å²) < 4.78 is 4.70. The molecule has 0 atom stereocenters. The summed E-state index contributed by atoms with van der Waals surface area (Å²) in [6.45, 7) is 4.66. The smallest absolute Gasteiger partial charge is 0.0991 e. The minimum atomic E-state index is -0.210. The van der Waals surface area contributed by atoms with E-state index in [1.807, 2.05) is 24.3 Å². The summed E-state index contributed by atoms with van der Waals surface area (Å²) in [4.78, 5) is 0. The molecule has 2 heterocycles. The van der Waals surface area contributed by atoms with Gasteiger partial charge in [0.05, 0.1) is 45.3 Å². The molecule has 7 aromatic carbocycles. The number of benzene rings is 7. The molecule has 0 bridgehead atoms. The van der Waals surface area contributed by atoms with Crippen LogP contribution in [0, 0.1) is 22.7 Å². The highest BCUT2D eigenvalue weighted by Gasteiger charge is 2.38. The number of nitriles is 2. The van der Waals surface area contributed by atoms with Crippen LogP contribution in [0.2, 0.25) is 0 Å². The van der Waals surface area contributed by atoms with Crippen molar-refractivity contribution in [3.8, 4) is 45.8 Å². The third-order valence-corrected chi connectivity index (χ3v) is 10.9. The van der Waals surface area contributed by atoms with Crippen LogP contribution < -0.4 is 0 Å². The molecule has 51 heavy (non-hydrogen) atoms. The van der Waals surface area contributed by atoms with Crippen LogP contribution in [0.25, 0.3) is 77.2 Å². The van der Waals surface area contributed by atoms with Crippen molar-refractivity contribution < 1.29 is 0 Å². The fourth-order valence-corrected chi connectivity index (χ4v) is 8.67. The van der Waals surface area contributed by atoms with Gasteiger partial charge in [0.15, 0.2) is 0 Å². The van der Waals surface area contributed by atoms with Gasteiger partial charge in [0.1, 0.15) is 0 Å². The molecule has 4 nitrogen and oxygen atoms in total. The van der Waals surface area contributed by atoms with E-state index in [-0.39, 0.29) is 5.41 Å². The summed E-state index contributed by atoms with van der Waals surface area (Å²) in [5.41, 5.74) is 15.1. The lowest BCUT2D eigenvalue weighted by Crippen LogP contribution is -2.16. The van der Waals surface area contributed by atoms with E-state index in [1.54, 1.807) is 0 Å². The largest absolute Gasteiger partial charge is 0.309 e. The maximum Gasteiger partial charge on any atom is 0.0991 e. The van der Waals surface area contributed by atoms with Gasteiger partial charge in [0.25, 0.3) is 0 Å².